The highest BCUT2D eigenvalue weighted by atomic mass is 35.5. The van der Waals surface area contributed by atoms with Gasteiger partial charge in [0.2, 0.25) is 11.8 Å². The van der Waals surface area contributed by atoms with Crippen LogP contribution in [0.2, 0.25) is 0 Å². The van der Waals surface area contributed by atoms with Gasteiger partial charge in [-0.2, -0.15) is 0 Å². The van der Waals surface area contributed by atoms with Crippen molar-refractivity contribution in [1.82, 2.24) is 15.5 Å². The van der Waals surface area contributed by atoms with E-state index in [-0.39, 0.29) is 35.8 Å². The highest BCUT2D eigenvalue weighted by Gasteiger charge is 2.36. The summed E-state index contributed by atoms with van der Waals surface area (Å²) in [6, 6.07) is 0.288. The molecule has 0 saturated carbocycles. The lowest BCUT2D eigenvalue weighted by atomic mass is 10.1. The average Bonchev–Trinajstić information content (AvgIpc) is 2.87. The van der Waals surface area contributed by atoms with E-state index >= 15 is 0 Å². The molecule has 0 spiro atoms. The Morgan fingerprint density at radius 2 is 2.15 bits per heavy atom. The molecular formula is C14H26ClN3O2. The van der Waals surface area contributed by atoms with E-state index in [1.54, 1.807) is 0 Å². The highest BCUT2D eigenvalue weighted by molar-refractivity contribution is 5.85. The van der Waals surface area contributed by atoms with Crippen LogP contribution in [0.25, 0.3) is 0 Å². The monoisotopic (exact) mass is 303 g/mol. The molecule has 2 heterocycles. The number of halogens is 1. The molecule has 0 aliphatic carbocycles. The van der Waals surface area contributed by atoms with E-state index in [1.165, 1.54) is 0 Å². The smallest absolute Gasteiger partial charge is 0.225 e. The Kier molecular flexibility index (Phi) is 5.83. The third-order valence-corrected chi connectivity index (χ3v) is 3.89. The van der Waals surface area contributed by atoms with Gasteiger partial charge in [0.05, 0.1) is 6.04 Å². The maximum atomic E-state index is 11.9. The summed E-state index contributed by atoms with van der Waals surface area (Å²) in [6.07, 6.45) is 3.18. The number of likely N-dealkylation sites (tertiary alicyclic amines) is 1. The third-order valence-electron chi connectivity index (χ3n) is 3.89. The normalized spacial score (nSPS) is 26.6. The van der Waals surface area contributed by atoms with Gasteiger partial charge < -0.3 is 15.5 Å². The summed E-state index contributed by atoms with van der Waals surface area (Å²) in [6.45, 7) is 7.72. The molecule has 116 valence electrons. The van der Waals surface area contributed by atoms with Gasteiger partial charge >= 0.3 is 0 Å². The fourth-order valence-electron chi connectivity index (χ4n) is 2.89. The van der Waals surface area contributed by atoms with Gasteiger partial charge in [0, 0.05) is 31.0 Å². The first-order valence-electron chi connectivity index (χ1n) is 7.19. The molecule has 2 saturated heterocycles. The van der Waals surface area contributed by atoms with Crippen molar-refractivity contribution in [3.05, 3.63) is 0 Å². The zero-order valence-electron chi connectivity index (χ0n) is 12.6. The lowest BCUT2D eigenvalue weighted by molar-refractivity contribution is -0.131. The Morgan fingerprint density at radius 3 is 2.65 bits per heavy atom. The number of amides is 2. The van der Waals surface area contributed by atoms with Crippen LogP contribution in [0.4, 0.5) is 0 Å². The van der Waals surface area contributed by atoms with Crippen molar-refractivity contribution in [3.8, 4) is 0 Å². The lowest BCUT2D eigenvalue weighted by Gasteiger charge is -2.32. The van der Waals surface area contributed by atoms with Crippen LogP contribution in [0.15, 0.2) is 0 Å². The lowest BCUT2D eigenvalue weighted by Crippen LogP contribution is -2.45. The summed E-state index contributed by atoms with van der Waals surface area (Å²) in [5.41, 5.74) is -0.163. The summed E-state index contributed by atoms with van der Waals surface area (Å²) < 4.78 is 0. The van der Waals surface area contributed by atoms with E-state index in [1.807, 2.05) is 25.7 Å². The molecule has 5 nitrogen and oxygen atoms in total. The minimum Gasteiger partial charge on any atom is -0.351 e. The molecule has 2 aliphatic heterocycles. The molecule has 0 aromatic heterocycles. The van der Waals surface area contributed by atoms with E-state index in [4.69, 9.17) is 0 Å². The SMILES string of the molecule is CC(C)(C)N1CC(NC(=O)CC2CCCN2)CC1=O.Cl. The van der Waals surface area contributed by atoms with Crippen molar-refractivity contribution in [2.75, 3.05) is 13.1 Å². The summed E-state index contributed by atoms with van der Waals surface area (Å²) in [5, 5.41) is 6.31. The van der Waals surface area contributed by atoms with Crippen LogP contribution in [0.3, 0.4) is 0 Å². The summed E-state index contributed by atoms with van der Waals surface area (Å²) in [4.78, 5) is 25.7. The van der Waals surface area contributed by atoms with Crippen molar-refractivity contribution in [2.45, 2.75) is 64.1 Å². The number of carbonyl (C=O) groups is 2. The van der Waals surface area contributed by atoms with Gasteiger partial charge in [0.25, 0.3) is 0 Å². The minimum absolute atomic E-state index is 0. The van der Waals surface area contributed by atoms with Crippen LogP contribution in [-0.4, -0.2) is 47.4 Å². The third kappa shape index (κ3) is 4.35. The first kappa shape index (κ1) is 17.2. The highest BCUT2D eigenvalue weighted by Crippen LogP contribution is 2.22. The maximum absolute atomic E-state index is 11.9. The van der Waals surface area contributed by atoms with Gasteiger partial charge in [0.15, 0.2) is 0 Å². The van der Waals surface area contributed by atoms with E-state index in [0.29, 0.717) is 25.4 Å². The van der Waals surface area contributed by atoms with E-state index < -0.39 is 0 Å². The van der Waals surface area contributed by atoms with Crippen LogP contribution in [0, 0.1) is 0 Å². The van der Waals surface area contributed by atoms with Crippen LogP contribution >= 0.6 is 12.4 Å². The fraction of sp³-hybridized carbons (Fsp3) is 0.857. The number of hydrogen-bond donors (Lipinski definition) is 2. The molecule has 2 N–H and O–H groups in total. The molecule has 2 rings (SSSR count). The van der Waals surface area contributed by atoms with Gasteiger partial charge in [-0.25, -0.2) is 0 Å². The molecule has 2 fully saturated rings. The largest absolute Gasteiger partial charge is 0.351 e. The van der Waals surface area contributed by atoms with E-state index in [2.05, 4.69) is 10.6 Å². The predicted molar refractivity (Wildman–Crippen MR) is 80.9 cm³/mol. The first-order chi connectivity index (χ1) is 8.86. The molecule has 2 atom stereocenters. The molecule has 0 bridgehead atoms. The number of nitrogens with one attached hydrogen (secondary N) is 2. The standard InChI is InChI=1S/C14H25N3O2.ClH/c1-14(2,3)17-9-11(8-13(17)19)16-12(18)7-10-5-4-6-15-10;/h10-11,15H,4-9H2,1-3H3,(H,16,18);1H. The Hall–Kier alpha value is -0.810. The van der Waals surface area contributed by atoms with Gasteiger partial charge in [-0.1, -0.05) is 0 Å². The van der Waals surface area contributed by atoms with Crippen LogP contribution in [0.5, 0.6) is 0 Å². The van der Waals surface area contributed by atoms with E-state index in [0.717, 1.165) is 19.4 Å². The molecule has 2 unspecified atom stereocenters. The Labute approximate surface area is 127 Å². The van der Waals surface area contributed by atoms with Gasteiger partial charge in [-0.15, -0.1) is 12.4 Å². The second-order valence-corrected chi connectivity index (χ2v) is 6.64. The molecule has 20 heavy (non-hydrogen) atoms. The van der Waals surface area contributed by atoms with Gasteiger partial charge in [-0.05, 0) is 40.2 Å². The molecule has 0 radical (unpaired) electrons. The topological polar surface area (TPSA) is 61.4 Å². The van der Waals surface area contributed by atoms with Crippen molar-refractivity contribution in [3.63, 3.8) is 0 Å². The van der Waals surface area contributed by atoms with Crippen LogP contribution < -0.4 is 10.6 Å². The van der Waals surface area contributed by atoms with Gasteiger partial charge in [0.1, 0.15) is 0 Å². The van der Waals surface area contributed by atoms with Crippen molar-refractivity contribution < 1.29 is 9.59 Å². The maximum Gasteiger partial charge on any atom is 0.225 e. The summed E-state index contributed by atoms with van der Waals surface area (Å²) >= 11 is 0. The molecule has 0 aromatic rings. The number of carbonyl (C=O) groups excluding carboxylic acids is 2. The van der Waals surface area contributed by atoms with Gasteiger partial charge in [-0.3, -0.25) is 9.59 Å². The van der Waals surface area contributed by atoms with Crippen LogP contribution in [0.1, 0.15) is 46.5 Å². The molecule has 2 amide bonds. The number of rotatable bonds is 3. The van der Waals surface area contributed by atoms with Crippen molar-refractivity contribution in [2.24, 2.45) is 0 Å². The molecule has 0 aromatic carbocycles. The first-order valence-corrected chi connectivity index (χ1v) is 7.19. The minimum atomic E-state index is -0.163. The van der Waals surface area contributed by atoms with Crippen molar-refractivity contribution >= 4 is 24.2 Å². The van der Waals surface area contributed by atoms with Crippen molar-refractivity contribution in [1.29, 1.82) is 0 Å². The van der Waals surface area contributed by atoms with E-state index in [9.17, 15) is 9.59 Å². The second kappa shape index (κ2) is 6.76. The average molecular weight is 304 g/mol. The summed E-state index contributed by atoms with van der Waals surface area (Å²) in [5.74, 6) is 0.199. The second-order valence-electron chi connectivity index (χ2n) is 6.64. The number of nitrogens with zero attached hydrogens (tertiary/aromatic N) is 1. The fourth-order valence-corrected chi connectivity index (χ4v) is 2.89. The summed E-state index contributed by atoms with van der Waals surface area (Å²) in [7, 11) is 0. The number of hydrogen-bond acceptors (Lipinski definition) is 3. The molecule has 6 heteroatoms. The zero-order valence-corrected chi connectivity index (χ0v) is 13.4. The molecular weight excluding hydrogens is 278 g/mol. The quantitative estimate of drug-likeness (QED) is 0.820. The Balaban J connectivity index is 0.00000200. The van der Waals surface area contributed by atoms with Crippen LogP contribution in [-0.2, 0) is 9.59 Å². The Bertz CT molecular complexity index is 362. The zero-order chi connectivity index (χ0) is 14.0. The molecule has 2 aliphatic rings. The predicted octanol–water partition coefficient (Wildman–Crippen LogP) is 1.07. The Morgan fingerprint density at radius 1 is 1.45 bits per heavy atom.